The molecule has 104 valence electrons. The van der Waals surface area contributed by atoms with Crippen molar-refractivity contribution in [1.29, 1.82) is 0 Å². The Bertz CT molecular complexity index is 325. The molecule has 0 aromatic heterocycles. The molecule has 2 aliphatic rings. The molecule has 18 heavy (non-hydrogen) atoms. The molecule has 1 atom stereocenters. The molecule has 0 aromatic rings. The summed E-state index contributed by atoms with van der Waals surface area (Å²) < 4.78 is 0. The Kier molecular flexibility index (Phi) is 3.28. The van der Waals surface area contributed by atoms with Crippen molar-refractivity contribution in [2.75, 3.05) is 0 Å². The van der Waals surface area contributed by atoms with E-state index in [1.165, 1.54) is 32.1 Å². The summed E-state index contributed by atoms with van der Waals surface area (Å²) in [7, 11) is 0. The van der Waals surface area contributed by atoms with Crippen LogP contribution in [0, 0.1) is 22.2 Å². The van der Waals surface area contributed by atoms with Crippen LogP contribution in [-0.4, -0.2) is 11.1 Å². The van der Waals surface area contributed by atoms with Crippen molar-refractivity contribution in [3.05, 3.63) is 0 Å². The van der Waals surface area contributed by atoms with Crippen LogP contribution in [0.4, 0.5) is 0 Å². The van der Waals surface area contributed by atoms with Gasteiger partial charge in [-0.1, -0.05) is 34.1 Å². The standard InChI is InChI=1S/C16H28O2/c1-14(2)9-15(3,4)11-16(10-14)7-5-6-12(16)8-13(17)18/h12H,5-11H2,1-4H3,(H,17,18). The maximum absolute atomic E-state index is 11.1. The first-order valence-corrected chi connectivity index (χ1v) is 7.36. The molecule has 0 heterocycles. The molecule has 0 aliphatic heterocycles. The first-order chi connectivity index (χ1) is 8.14. The summed E-state index contributed by atoms with van der Waals surface area (Å²) >= 11 is 0. The minimum atomic E-state index is -0.609. The van der Waals surface area contributed by atoms with Crippen LogP contribution in [0.2, 0.25) is 0 Å². The summed E-state index contributed by atoms with van der Waals surface area (Å²) in [6.07, 6.45) is 7.69. The van der Waals surface area contributed by atoms with Gasteiger partial charge in [-0.2, -0.15) is 0 Å². The molecule has 2 rings (SSSR count). The van der Waals surface area contributed by atoms with Crippen molar-refractivity contribution in [2.45, 2.75) is 72.6 Å². The highest BCUT2D eigenvalue weighted by Gasteiger charge is 2.52. The maximum Gasteiger partial charge on any atom is 0.303 e. The third kappa shape index (κ3) is 2.73. The second-order valence-electron chi connectivity index (χ2n) is 8.41. The van der Waals surface area contributed by atoms with Gasteiger partial charge in [-0.25, -0.2) is 0 Å². The highest BCUT2D eigenvalue weighted by molar-refractivity contribution is 5.67. The van der Waals surface area contributed by atoms with Crippen LogP contribution in [-0.2, 0) is 4.79 Å². The fourth-order valence-corrected chi connectivity index (χ4v) is 5.59. The molecule has 0 saturated heterocycles. The Hall–Kier alpha value is -0.530. The van der Waals surface area contributed by atoms with E-state index < -0.39 is 5.97 Å². The lowest BCUT2D eigenvalue weighted by molar-refractivity contribution is -0.140. The average molecular weight is 252 g/mol. The second-order valence-corrected chi connectivity index (χ2v) is 8.41. The summed E-state index contributed by atoms with van der Waals surface area (Å²) in [6.45, 7) is 9.47. The number of carboxylic acid groups (broad SMARTS) is 1. The smallest absolute Gasteiger partial charge is 0.303 e. The van der Waals surface area contributed by atoms with Crippen molar-refractivity contribution >= 4 is 5.97 Å². The van der Waals surface area contributed by atoms with E-state index in [0.717, 1.165) is 6.42 Å². The molecule has 2 nitrogen and oxygen atoms in total. The summed E-state index contributed by atoms with van der Waals surface area (Å²) in [6, 6.07) is 0. The predicted octanol–water partition coefficient (Wildman–Crippen LogP) is 4.48. The minimum Gasteiger partial charge on any atom is -0.481 e. The van der Waals surface area contributed by atoms with Crippen molar-refractivity contribution < 1.29 is 9.90 Å². The lowest BCUT2D eigenvalue weighted by Crippen LogP contribution is -2.43. The van der Waals surface area contributed by atoms with Gasteiger partial charge in [-0.15, -0.1) is 0 Å². The van der Waals surface area contributed by atoms with Crippen LogP contribution in [0.5, 0.6) is 0 Å². The molecule has 1 N–H and O–H groups in total. The molecular weight excluding hydrogens is 224 g/mol. The maximum atomic E-state index is 11.1. The van der Waals surface area contributed by atoms with E-state index in [0.29, 0.717) is 28.6 Å². The summed E-state index contributed by atoms with van der Waals surface area (Å²) in [5.41, 5.74) is 1.04. The van der Waals surface area contributed by atoms with E-state index in [-0.39, 0.29) is 0 Å². The van der Waals surface area contributed by atoms with Crippen molar-refractivity contribution in [2.24, 2.45) is 22.2 Å². The molecular formula is C16H28O2. The van der Waals surface area contributed by atoms with Gasteiger partial charge in [0.25, 0.3) is 0 Å². The fraction of sp³-hybridized carbons (Fsp3) is 0.938. The van der Waals surface area contributed by atoms with Gasteiger partial charge in [0.1, 0.15) is 0 Å². The molecule has 0 radical (unpaired) electrons. The molecule has 1 unspecified atom stereocenters. The Morgan fingerprint density at radius 2 is 1.67 bits per heavy atom. The van der Waals surface area contributed by atoms with E-state index in [4.69, 9.17) is 5.11 Å². The zero-order valence-corrected chi connectivity index (χ0v) is 12.4. The van der Waals surface area contributed by atoms with Gasteiger partial charge in [0.2, 0.25) is 0 Å². The molecule has 0 bridgehead atoms. The quantitative estimate of drug-likeness (QED) is 0.786. The minimum absolute atomic E-state index is 0.309. The normalized spacial score (nSPS) is 32.6. The van der Waals surface area contributed by atoms with Gasteiger partial charge in [0, 0.05) is 6.42 Å². The zero-order valence-electron chi connectivity index (χ0n) is 12.4. The third-order valence-electron chi connectivity index (χ3n) is 5.13. The van der Waals surface area contributed by atoms with E-state index in [9.17, 15) is 4.79 Å². The largest absolute Gasteiger partial charge is 0.481 e. The summed E-state index contributed by atoms with van der Waals surface area (Å²) in [5, 5.41) is 9.15. The molecule has 0 amide bonds. The molecule has 0 aromatic carbocycles. The van der Waals surface area contributed by atoms with Gasteiger partial charge in [-0.05, 0) is 54.3 Å². The molecule has 2 fully saturated rings. The van der Waals surface area contributed by atoms with E-state index in [1.807, 2.05) is 0 Å². The van der Waals surface area contributed by atoms with E-state index in [2.05, 4.69) is 27.7 Å². The van der Waals surface area contributed by atoms with Crippen molar-refractivity contribution in [3.8, 4) is 0 Å². The van der Waals surface area contributed by atoms with Crippen LogP contribution in [0.15, 0.2) is 0 Å². The summed E-state index contributed by atoms with van der Waals surface area (Å²) in [5.74, 6) is -0.198. The summed E-state index contributed by atoms with van der Waals surface area (Å²) in [4.78, 5) is 11.1. The Balaban J connectivity index is 2.25. The fourth-order valence-electron chi connectivity index (χ4n) is 5.59. The monoisotopic (exact) mass is 252 g/mol. The van der Waals surface area contributed by atoms with Gasteiger partial charge in [0.05, 0.1) is 0 Å². The molecule has 2 saturated carbocycles. The number of aliphatic carboxylic acids is 1. The van der Waals surface area contributed by atoms with Crippen molar-refractivity contribution in [1.82, 2.24) is 0 Å². The first kappa shape index (κ1) is 13.9. The van der Waals surface area contributed by atoms with Gasteiger partial charge < -0.3 is 5.11 Å². The number of carboxylic acids is 1. The van der Waals surface area contributed by atoms with E-state index in [1.54, 1.807) is 0 Å². The first-order valence-electron chi connectivity index (χ1n) is 7.36. The van der Waals surface area contributed by atoms with Crippen LogP contribution in [0.3, 0.4) is 0 Å². The molecule has 1 spiro atoms. The van der Waals surface area contributed by atoms with Crippen LogP contribution >= 0.6 is 0 Å². The van der Waals surface area contributed by atoms with Crippen LogP contribution in [0.1, 0.15) is 72.6 Å². The number of rotatable bonds is 2. The number of carbonyl (C=O) groups is 1. The number of hydrogen-bond donors (Lipinski definition) is 1. The van der Waals surface area contributed by atoms with Gasteiger partial charge in [0.15, 0.2) is 0 Å². The Morgan fingerprint density at radius 3 is 2.17 bits per heavy atom. The molecule has 2 heteroatoms. The Labute approximate surface area is 111 Å². The SMILES string of the molecule is CC1(C)CC(C)(C)CC2(CCCC2CC(=O)O)C1. The highest BCUT2D eigenvalue weighted by atomic mass is 16.4. The lowest BCUT2D eigenvalue weighted by Gasteiger charge is -2.53. The van der Waals surface area contributed by atoms with Gasteiger partial charge in [-0.3, -0.25) is 4.79 Å². The highest BCUT2D eigenvalue weighted by Crippen LogP contribution is 2.62. The van der Waals surface area contributed by atoms with E-state index >= 15 is 0 Å². The second kappa shape index (κ2) is 4.25. The zero-order chi connectivity index (χ0) is 13.6. The Morgan fingerprint density at radius 1 is 1.11 bits per heavy atom. The van der Waals surface area contributed by atoms with Crippen LogP contribution < -0.4 is 0 Å². The lowest BCUT2D eigenvalue weighted by atomic mass is 9.52. The average Bonchev–Trinajstić information content (AvgIpc) is 2.40. The predicted molar refractivity (Wildman–Crippen MR) is 73.4 cm³/mol. The molecule has 2 aliphatic carbocycles. The van der Waals surface area contributed by atoms with Crippen molar-refractivity contribution in [3.63, 3.8) is 0 Å². The topological polar surface area (TPSA) is 37.3 Å². The third-order valence-corrected chi connectivity index (χ3v) is 5.13. The van der Waals surface area contributed by atoms with Crippen LogP contribution in [0.25, 0.3) is 0 Å². The van der Waals surface area contributed by atoms with Gasteiger partial charge >= 0.3 is 5.97 Å². The number of hydrogen-bond acceptors (Lipinski definition) is 1.